The zero-order valence-corrected chi connectivity index (χ0v) is 12.6. The van der Waals surface area contributed by atoms with Crippen molar-refractivity contribution in [2.24, 2.45) is 0 Å². The summed E-state index contributed by atoms with van der Waals surface area (Å²) >= 11 is 0. The van der Waals surface area contributed by atoms with Crippen LogP contribution < -0.4 is 0 Å². The Kier molecular flexibility index (Phi) is 7.54. The van der Waals surface area contributed by atoms with E-state index in [9.17, 15) is 49.2 Å². The molecule has 0 bridgehead atoms. The van der Waals surface area contributed by atoms with Gasteiger partial charge in [-0.3, -0.25) is 40.5 Å². The van der Waals surface area contributed by atoms with E-state index in [-0.39, 0.29) is 0 Å². The minimum absolute atomic E-state index is 0.990. The summed E-state index contributed by atoms with van der Waals surface area (Å²) in [5.41, 5.74) is 0. The third-order valence-corrected chi connectivity index (χ3v) is 2.51. The van der Waals surface area contributed by atoms with Gasteiger partial charge in [0.25, 0.3) is 0 Å². The van der Waals surface area contributed by atoms with E-state index in [0.29, 0.717) is 0 Å². The molecule has 0 heterocycles. The lowest BCUT2D eigenvalue weighted by molar-refractivity contribution is -0.834. The molecule has 15 nitrogen and oxygen atoms in total. The number of rotatable bonds is 12. The minimum atomic E-state index is -4.15. The molecule has 0 fully saturated rings. The summed E-state index contributed by atoms with van der Waals surface area (Å²) in [6, 6.07) is 0. The van der Waals surface area contributed by atoms with Crippen LogP contribution in [0.15, 0.2) is 0 Å². The lowest BCUT2D eigenvalue weighted by Gasteiger charge is -2.20. The second-order valence-electron chi connectivity index (χ2n) is 4.36. The summed E-state index contributed by atoms with van der Waals surface area (Å²) in [5, 5.41) is 41.2. The first kappa shape index (κ1) is 22.3. The third kappa shape index (κ3) is 5.72. The summed E-state index contributed by atoms with van der Waals surface area (Å²) in [4.78, 5) is 33.9. The fourth-order valence-corrected chi connectivity index (χ4v) is 1.14. The molecule has 0 aliphatic carbocycles. The molecule has 0 aliphatic heterocycles. The van der Waals surface area contributed by atoms with E-state index in [2.05, 4.69) is 9.47 Å². The van der Waals surface area contributed by atoms with E-state index in [0.717, 1.165) is 13.8 Å². The van der Waals surface area contributed by atoms with Crippen molar-refractivity contribution in [3.8, 4) is 0 Å². The Morgan fingerprint density at radius 1 is 0.760 bits per heavy atom. The molecule has 0 saturated carbocycles. The summed E-state index contributed by atoms with van der Waals surface area (Å²) in [5.74, 6) is -8.29. The van der Waals surface area contributed by atoms with E-state index in [1.165, 1.54) is 0 Å². The standard InChI is InChI=1S/C8H12F2N4O11/c1-5(23-3-7(9,11(15)16)12(17)18)25-6(2)24-4-8(10,13(19)20)14(21)22/h5-6H,3-4H2,1-2H3. The van der Waals surface area contributed by atoms with Gasteiger partial charge in [-0.25, -0.2) is 0 Å². The molecule has 0 N–H and O–H groups in total. The molecule has 0 aromatic carbocycles. The van der Waals surface area contributed by atoms with Crippen molar-refractivity contribution in [2.45, 2.75) is 38.3 Å². The fraction of sp³-hybridized carbons (Fsp3) is 1.00. The third-order valence-electron chi connectivity index (χ3n) is 2.51. The molecule has 0 aliphatic rings. The van der Waals surface area contributed by atoms with Crippen LogP contribution in [0.4, 0.5) is 8.78 Å². The van der Waals surface area contributed by atoms with Crippen LogP contribution in [0.2, 0.25) is 0 Å². The normalized spacial score (nSPS) is 14.6. The molecule has 2 unspecified atom stereocenters. The van der Waals surface area contributed by atoms with Gasteiger partial charge in [-0.1, -0.05) is 8.78 Å². The second-order valence-corrected chi connectivity index (χ2v) is 4.36. The van der Waals surface area contributed by atoms with Crippen molar-refractivity contribution in [3.63, 3.8) is 0 Å². The van der Waals surface area contributed by atoms with E-state index in [1.807, 2.05) is 0 Å². The lowest BCUT2D eigenvalue weighted by Crippen LogP contribution is -2.48. The molecule has 0 saturated heterocycles. The average molecular weight is 378 g/mol. The smallest absolute Gasteiger partial charge is 0.334 e. The van der Waals surface area contributed by atoms with Crippen LogP contribution in [0.25, 0.3) is 0 Å². The van der Waals surface area contributed by atoms with E-state index in [4.69, 9.17) is 4.74 Å². The number of hydrogen-bond acceptors (Lipinski definition) is 11. The van der Waals surface area contributed by atoms with Gasteiger partial charge in [0, 0.05) is 0 Å². The molecule has 2 atom stereocenters. The quantitative estimate of drug-likeness (QED) is 0.193. The van der Waals surface area contributed by atoms with Crippen LogP contribution in [-0.4, -0.2) is 57.3 Å². The van der Waals surface area contributed by atoms with Crippen molar-refractivity contribution in [1.82, 2.24) is 0 Å². The number of ether oxygens (including phenoxy) is 3. The van der Waals surface area contributed by atoms with Crippen molar-refractivity contribution in [2.75, 3.05) is 13.2 Å². The van der Waals surface area contributed by atoms with E-state index in [1.54, 1.807) is 0 Å². The number of nitro groups is 4. The maximum Gasteiger partial charge on any atom is 0.637 e. The van der Waals surface area contributed by atoms with Gasteiger partial charge in [0.2, 0.25) is 13.2 Å². The van der Waals surface area contributed by atoms with E-state index >= 15 is 0 Å². The Morgan fingerprint density at radius 3 is 1.20 bits per heavy atom. The number of hydrogen-bond donors (Lipinski definition) is 0. The van der Waals surface area contributed by atoms with Crippen molar-refractivity contribution < 1.29 is 42.7 Å². The van der Waals surface area contributed by atoms with Crippen LogP contribution in [-0.2, 0) is 14.2 Å². The fourth-order valence-electron chi connectivity index (χ4n) is 1.14. The summed E-state index contributed by atoms with van der Waals surface area (Å²) < 4.78 is 40.3. The predicted molar refractivity (Wildman–Crippen MR) is 67.6 cm³/mol. The molecule has 0 radical (unpaired) electrons. The summed E-state index contributed by atoms with van der Waals surface area (Å²) in [6.07, 6.45) is -3.16. The zero-order chi connectivity index (χ0) is 20.0. The van der Waals surface area contributed by atoms with Gasteiger partial charge < -0.3 is 14.2 Å². The molecular weight excluding hydrogens is 366 g/mol. The van der Waals surface area contributed by atoms with Gasteiger partial charge in [-0.15, -0.1) is 0 Å². The monoisotopic (exact) mass is 378 g/mol. The molecule has 0 rings (SSSR count). The highest BCUT2D eigenvalue weighted by Crippen LogP contribution is 2.17. The first-order chi connectivity index (χ1) is 11.3. The molecule has 144 valence electrons. The van der Waals surface area contributed by atoms with Crippen LogP contribution in [0.1, 0.15) is 13.8 Å². The van der Waals surface area contributed by atoms with Crippen LogP contribution in [0, 0.1) is 40.5 Å². The number of nitrogens with zero attached hydrogens (tertiary/aromatic N) is 4. The molecule has 0 aromatic rings. The molecule has 25 heavy (non-hydrogen) atoms. The molecule has 0 aromatic heterocycles. The van der Waals surface area contributed by atoms with Gasteiger partial charge in [0.05, 0.1) is 0 Å². The maximum absolute atomic E-state index is 13.4. The Bertz CT molecular complexity index is 472. The molecule has 0 amide bonds. The minimum Gasteiger partial charge on any atom is -0.334 e. The van der Waals surface area contributed by atoms with E-state index < -0.39 is 57.3 Å². The Morgan fingerprint density at radius 2 is 1.00 bits per heavy atom. The first-order valence-electron chi connectivity index (χ1n) is 6.11. The van der Waals surface area contributed by atoms with Gasteiger partial charge in [-0.2, -0.15) is 0 Å². The van der Waals surface area contributed by atoms with Crippen molar-refractivity contribution >= 4 is 0 Å². The maximum atomic E-state index is 13.4. The zero-order valence-electron chi connectivity index (χ0n) is 12.6. The number of halogens is 2. The summed E-state index contributed by atoms with van der Waals surface area (Å²) in [7, 11) is 0. The highest BCUT2D eigenvalue weighted by atomic mass is 19.2. The molecular formula is C8H12F2N4O11. The molecule has 0 spiro atoms. The lowest BCUT2D eigenvalue weighted by atomic mass is 10.5. The highest BCUT2D eigenvalue weighted by Gasteiger charge is 2.59. The van der Waals surface area contributed by atoms with Gasteiger partial charge in [0.1, 0.15) is 19.7 Å². The topological polar surface area (TPSA) is 200 Å². The summed E-state index contributed by atoms with van der Waals surface area (Å²) in [6.45, 7) is -1.33. The van der Waals surface area contributed by atoms with Crippen molar-refractivity contribution in [3.05, 3.63) is 40.5 Å². The Balaban J connectivity index is 4.60. The van der Waals surface area contributed by atoms with Crippen LogP contribution in [0.3, 0.4) is 0 Å². The first-order valence-corrected chi connectivity index (χ1v) is 6.11. The SMILES string of the molecule is CC(OCC(F)([N+](=O)[O-])[N+](=O)[O-])OC(C)OCC(F)([N+](=O)[O-])[N+](=O)[O-]. The van der Waals surface area contributed by atoms with Crippen LogP contribution in [0.5, 0.6) is 0 Å². The van der Waals surface area contributed by atoms with Gasteiger partial charge in [0.15, 0.2) is 12.6 Å². The van der Waals surface area contributed by atoms with Crippen LogP contribution >= 0.6 is 0 Å². The average Bonchev–Trinajstić information content (AvgIpc) is 2.49. The van der Waals surface area contributed by atoms with Gasteiger partial charge in [-0.05, 0) is 13.8 Å². The Labute approximate surface area is 136 Å². The van der Waals surface area contributed by atoms with Crippen molar-refractivity contribution in [1.29, 1.82) is 0 Å². The highest BCUT2D eigenvalue weighted by molar-refractivity contribution is 4.52. The van der Waals surface area contributed by atoms with Gasteiger partial charge >= 0.3 is 11.8 Å². The number of alkyl halides is 2. The Hall–Kier alpha value is -2.66. The molecule has 17 heteroatoms. The largest absolute Gasteiger partial charge is 0.637 e. The predicted octanol–water partition coefficient (Wildman–Crippen LogP) is 0.0816. The second kappa shape index (κ2) is 8.44.